The van der Waals surface area contributed by atoms with Gasteiger partial charge >= 0.3 is 0 Å². The Morgan fingerprint density at radius 3 is 2.94 bits per heavy atom. The molecule has 0 aliphatic heterocycles. The number of aryl methyl sites for hydroxylation is 1. The SMILES string of the molecule is COCCCNC(=O)Cn1cc(Br)cc(C)c1=O. The highest BCUT2D eigenvalue weighted by Crippen LogP contribution is 2.07. The van der Waals surface area contributed by atoms with Gasteiger partial charge in [-0.15, -0.1) is 0 Å². The van der Waals surface area contributed by atoms with Crippen LogP contribution in [0.25, 0.3) is 0 Å². The van der Waals surface area contributed by atoms with E-state index in [2.05, 4.69) is 21.2 Å². The summed E-state index contributed by atoms with van der Waals surface area (Å²) in [5.74, 6) is -0.175. The number of pyridine rings is 1. The van der Waals surface area contributed by atoms with Crippen LogP contribution in [-0.4, -0.2) is 30.7 Å². The van der Waals surface area contributed by atoms with Crippen LogP contribution < -0.4 is 10.9 Å². The Labute approximate surface area is 114 Å². The molecule has 0 spiro atoms. The molecule has 100 valence electrons. The molecule has 6 heteroatoms. The summed E-state index contributed by atoms with van der Waals surface area (Å²) in [6, 6.07) is 1.73. The Bertz CT molecular complexity index is 471. The van der Waals surface area contributed by atoms with Crippen LogP contribution in [0.4, 0.5) is 0 Å². The first-order valence-corrected chi connectivity index (χ1v) is 6.46. The van der Waals surface area contributed by atoms with Crippen molar-refractivity contribution in [2.45, 2.75) is 19.9 Å². The fraction of sp³-hybridized carbons (Fsp3) is 0.500. The standard InChI is InChI=1S/C12H17BrN2O3/c1-9-6-10(13)7-15(12(9)17)8-11(16)14-4-3-5-18-2/h6-7H,3-5,8H2,1-2H3,(H,14,16). The lowest BCUT2D eigenvalue weighted by Crippen LogP contribution is -2.33. The lowest BCUT2D eigenvalue weighted by atomic mass is 10.3. The van der Waals surface area contributed by atoms with Gasteiger partial charge in [-0.2, -0.15) is 0 Å². The van der Waals surface area contributed by atoms with Crippen LogP contribution in [0.5, 0.6) is 0 Å². The third-order valence-electron chi connectivity index (χ3n) is 2.39. The summed E-state index contributed by atoms with van der Waals surface area (Å²) in [5.41, 5.74) is 0.460. The van der Waals surface area contributed by atoms with Gasteiger partial charge in [-0.05, 0) is 35.3 Å². The van der Waals surface area contributed by atoms with Crippen molar-refractivity contribution in [1.82, 2.24) is 9.88 Å². The van der Waals surface area contributed by atoms with Crippen molar-refractivity contribution in [2.75, 3.05) is 20.3 Å². The second-order valence-electron chi connectivity index (χ2n) is 3.97. The van der Waals surface area contributed by atoms with E-state index in [-0.39, 0.29) is 18.0 Å². The molecule has 0 aromatic carbocycles. The number of amides is 1. The lowest BCUT2D eigenvalue weighted by molar-refractivity contribution is -0.121. The predicted octanol–water partition coefficient (Wildman–Crippen LogP) is 1.07. The highest BCUT2D eigenvalue weighted by molar-refractivity contribution is 9.10. The molecule has 0 radical (unpaired) electrons. The summed E-state index contributed by atoms with van der Waals surface area (Å²) in [4.78, 5) is 23.4. The Balaban J connectivity index is 2.57. The number of carbonyl (C=O) groups excluding carboxylic acids is 1. The van der Waals surface area contributed by atoms with E-state index in [0.717, 1.165) is 10.9 Å². The minimum atomic E-state index is -0.175. The van der Waals surface area contributed by atoms with Crippen LogP contribution in [0.2, 0.25) is 0 Å². The van der Waals surface area contributed by atoms with Crippen LogP contribution >= 0.6 is 15.9 Å². The molecule has 1 aromatic rings. The number of nitrogens with one attached hydrogen (secondary N) is 1. The van der Waals surface area contributed by atoms with E-state index in [1.54, 1.807) is 26.3 Å². The van der Waals surface area contributed by atoms with Gasteiger partial charge in [0.2, 0.25) is 5.91 Å². The first-order valence-electron chi connectivity index (χ1n) is 5.67. The number of hydrogen-bond donors (Lipinski definition) is 1. The fourth-order valence-electron chi connectivity index (χ4n) is 1.51. The van der Waals surface area contributed by atoms with Crippen molar-refractivity contribution in [3.63, 3.8) is 0 Å². The van der Waals surface area contributed by atoms with Gasteiger partial charge in [-0.1, -0.05) is 0 Å². The number of rotatable bonds is 6. The number of ether oxygens (including phenoxy) is 1. The highest BCUT2D eigenvalue weighted by Gasteiger charge is 2.06. The van der Waals surface area contributed by atoms with E-state index in [0.29, 0.717) is 18.7 Å². The summed E-state index contributed by atoms with van der Waals surface area (Å²) < 4.78 is 7.06. The summed E-state index contributed by atoms with van der Waals surface area (Å²) in [6.45, 7) is 2.91. The molecule has 0 bridgehead atoms. The molecule has 1 amide bonds. The van der Waals surface area contributed by atoms with E-state index in [1.807, 2.05) is 0 Å². The Morgan fingerprint density at radius 1 is 1.56 bits per heavy atom. The topological polar surface area (TPSA) is 60.3 Å². The molecular weight excluding hydrogens is 300 g/mol. The molecule has 1 rings (SSSR count). The zero-order valence-corrected chi connectivity index (χ0v) is 12.1. The van der Waals surface area contributed by atoms with Crippen LogP contribution in [0.15, 0.2) is 21.5 Å². The van der Waals surface area contributed by atoms with Gasteiger partial charge in [0.1, 0.15) is 6.54 Å². The summed E-state index contributed by atoms with van der Waals surface area (Å²) in [7, 11) is 1.62. The Hall–Kier alpha value is -1.14. The third kappa shape index (κ3) is 4.62. The second kappa shape index (κ2) is 7.33. The highest BCUT2D eigenvalue weighted by atomic mass is 79.9. The maximum absolute atomic E-state index is 11.8. The Morgan fingerprint density at radius 2 is 2.28 bits per heavy atom. The molecule has 0 aliphatic rings. The van der Waals surface area contributed by atoms with Gasteiger partial charge in [-0.3, -0.25) is 9.59 Å². The molecule has 0 aliphatic carbocycles. The molecule has 0 saturated carbocycles. The minimum absolute atomic E-state index is 0.0338. The van der Waals surface area contributed by atoms with Crippen molar-refractivity contribution < 1.29 is 9.53 Å². The van der Waals surface area contributed by atoms with Crippen LogP contribution in [0.1, 0.15) is 12.0 Å². The van der Waals surface area contributed by atoms with Gasteiger partial charge in [0.25, 0.3) is 5.56 Å². The van der Waals surface area contributed by atoms with Gasteiger partial charge in [0.15, 0.2) is 0 Å². The van der Waals surface area contributed by atoms with E-state index in [1.165, 1.54) is 4.57 Å². The van der Waals surface area contributed by atoms with Gasteiger partial charge in [0, 0.05) is 36.5 Å². The number of aromatic nitrogens is 1. The van der Waals surface area contributed by atoms with Crippen LogP contribution in [0, 0.1) is 6.92 Å². The second-order valence-corrected chi connectivity index (χ2v) is 4.89. The van der Waals surface area contributed by atoms with Crippen molar-refractivity contribution in [1.29, 1.82) is 0 Å². The van der Waals surface area contributed by atoms with Crippen molar-refractivity contribution >= 4 is 21.8 Å². The van der Waals surface area contributed by atoms with Gasteiger partial charge in [0.05, 0.1) is 0 Å². The number of hydrogen-bond acceptors (Lipinski definition) is 3. The van der Waals surface area contributed by atoms with E-state index in [9.17, 15) is 9.59 Å². The molecule has 0 atom stereocenters. The first-order chi connectivity index (χ1) is 8.54. The number of nitrogens with zero attached hydrogens (tertiary/aromatic N) is 1. The number of halogens is 1. The minimum Gasteiger partial charge on any atom is -0.385 e. The molecule has 0 fully saturated rings. The van der Waals surface area contributed by atoms with E-state index < -0.39 is 0 Å². The average molecular weight is 317 g/mol. The molecule has 5 nitrogen and oxygen atoms in total. The number of methoxy groups -OCH3 is 1. The normalized spacial score (nSPS) is 10.4. The number of carbonyl (C=O) groups is 1. The summed E-state index contributed by atoms with van der Waals surface area (Å²) in [6.07, 6.45) is 2.37. The van der Waals surface area contributed by atoms with Crippen LogP contribution in [-0.2, 0) is 16.1 Å². The average Bonchev–Trinajstić information content (AvgIpc) is 2.31. The van der Waals surface area contributed by atoms with Crippen molar-refractivity contribution in [2.24, 2.45) is 0 Å². The van der Waals surface area contributed by atoms with Crippen molar-refractivity contribution in [3.8, 4) is 0 Å². The van der Waals surface area contributed by atoms with E-state index >= 15 is 0 Å². The summed E-state index contributed by atoms with van der Waals surface area (Å²) in [5, 5.41) is 2.74. The van der Waals surface area contributed by atoms with E-state index in [4.69, 9.17) is 4.74 Å². The molecule has 0 unspecified atom stereocenters. The van der Waals surface area contributed by atoms with Crippen LogP contribution in [0.3, 0.4) is 0 Å². The van der Waals surface area contributed by atoms with Gasteiger partial charge in [-0.25, -0.2) is 0 Å². The molecule has 18 heavy (non-hydrogen) atoms. The largest absolute Gasteiger partial charge is 0.385 e. The summed E-state index contributed by atoms with van der Waals surface area (Å²) >= 11 is 3.30. The zero-order valence-electron chi connectivity index (χ0n) is 10.5. The van der Waals surface area contributed by atoms with Crippen molar-refractivity contribution in [3.05, 3.63) is 32.7 Å². The fourth-order valence-corrected chi connectivity index (χ4v) is 2.10. The first kappa shape index (κ1) is 14.9. The molecule has 1 N–H and O–H groups in total. The smallest absolute Gasteiger partial charge is 0.253 e. The zero-order chi connectivity index (χ0) is 13.5. The maximum Gasteiger partial charge on any atom is 0.253 e. The van der Waals surface area contributed by atoms with Gasteiger partial charge < -0.3 is 14.6 Å². The molecule has 1 aromatic heterocycles. The molecule has 1 heterocycles. The third-order valence-corrected chi connectivity index (χ3v) is 2.83. The lowest BCUT2D eigenvalue weighted by Gasteiger charge is -2.08. The molecular formula is C12H17BrN2O3. The maximum atomic E-state index is 11.8. The monoisotopic (exact) mass is 316 g/mol. The Kier molecular flexibility index (Phi) is 6.07. The predicted molar refractivity (Wildman–Crippen MR) is 72.6 cm³/mol. The molecule has 0 saturated heterocycles. The quantitative estimate of drug-likeness (QED) is 0.799.